The second-order valence-electron chi connectivity index (χ2n) is 3.90. The number of hydrogen-bond donors (Lipinski definition) is 1. The third-order valence-electron chi connectivity index (χ3n) is 2.33. The summed E-state index contributed by atoms with van der Waals surface area (Å²) >= 11 is 0. The molecule has 4 heteroatoms. The molecular weight excluding hydrogens is 192 g/mol. The van der Waals surface area contributed by atoms with Crippen LogP contribution >= 0.6 is 0 Å². The molecule has 0 fully saturated rings. The number of aromatic amines is 1. The maximum absolute atomic E-state index is 10.9. The predicted octanol–water partition coefficient (Wildman–Crippen LogP) is 1.23. The number of aromatic nitrogens is 1. The molecule has 0 bridgehead atoms. The molecule has 1 aromatic heterocycles. The topological polar surface area (TPSA) is 49.2 Å². The van der Waals surface area contributed by atoms with E-state index in [1.165, 1.54) is 5.56 Å². The number of nitrogens with one attached hydrogen (secondary N) is 1. The zero-order valence-corrected chi connectivity index (χ0v) is 8.91. The van der Waals surface area contributed by atoms with Crippen molar-refractivity contribution in [3.8, 4) is 0 Å². The van der Waals surface area contributed by atoms with Crippen molar-refractivity contribution in [1.82, 2.24) is 9.88 Å². The zero-order chi connectivity index (χ0) is 10.8. The minimum atomic E-state index is -0.394. The van der Waals surface area contributed by atoms with E-state index in [2.05, 4.69) is 9.88 Å². The summed E-state index contributed by atoms with van der Waals surface area (Å²) in [5.74, 6) is -0.394. The molecule has 15 heavy (non-hydrogen) atoms. The molecule has 80 valence electrons. The fourth-order valence-electron chi connectivity index (χ4n) is 1.50. The first-order valence-electron chi connectivity index (χ1n) is 4.91. The molecule has 1 heterocycles. The molecule has 0 saturated carbocycles. The van der Waals surface area contributed by atoms with Crippen molar-refractivity contribution in [1.29, 1.82) is 0 Å². The van der Waals surface area contributed by atoms with Crippen LogP contribution in [0.4, 0.5) is 0 Å². The second-order valence-corrected chi connectivity index (χ2v) is 3.90. The van der Waals surface area contributed by atoms with Gasteiger partial charge in [-0.05, 0) is 38.2 Å². The molecule has 0 saturated heterocycles. The average molecular weight is 206 g/mol. The van der Waals surface area contributed by atoms with Crippen LogP contribution in [0.15, 0.2) is 27.4 Å². The lowest BCUT2D eigenvalue weighted by atomic mass is 10.1. The zero-order valence-electron chi connectivity index (χ0n) is 8.91. The fraction of sp³-hybridized carbons (Fsp3) is 0.364. The Labute approximate surface area is 87.5 Å². The molecule has 0 aliphatic heterocycles. The Morgan fingerprint density at radius 2 is 2.20 bits per heavy atom. The molecule has 4 nitrogen and oxygen atoms in total. The lowest BCUT2D eigenvalue weighted by Gasteiger charge is -2.08. The monoisotopic (exact) mass is 206 g/mol. The first-order chi connectivity index (χ1) is 7.15. The molecule has 0 spiro atoms. The quantitative estimate of drug-likeness (QED) is 0.821. The van der Waals surface area contributed by atoms with Crippen LogP contribution in [-0.4, -0.2) is 30.5 Å². The minimum Gasteiger partial charge on any atom is -0.408 e. The number of hydrogen-bond acceptors (Lipinski definition) is 3. The van der Waals surface area contributed by atoms with E-state index in [1.54, 1.807) is 0 Å². The van der Waals surface area contributed by atoms with Crippen LogP contribution in [0.25, 0.3) is 11.1 Å². The molecule has 0 amide bonds. The van der Waals surface area contributed by atoms with E-state index in [1.807, 2.05) is 32.3 Å². The van der Waals surface area contributed by atoms with Gasteiger partial charge in [-0.1, -0.05) is 6.07 Å². The van der Waals surface area contributed by atoms with Gasteiger partial charge in [0, 0.05) is 6.54 Å². The predicted molar refractivity (Wildman–Crippen MR) is 59.1 cm³/mol. The van der Waals surface area contributed by atoms with Crippen molar-refractivity contribution >= 4 is 11.1 Å². The summed E-state index contributed by atoms with van der Waals surface area (Å²) in [6, 6.07) is 5.80. The van der Waals surface area contributed by atoms with Crippen molar-refractivity contribution in [2.75, 3.05) is 20.6 Å². The van der Waals surface area contributed by atoms with Crippen LogP contribution in [0, 0.1) is 0 Å². The standard InChI is InChI=1S/C11H14N2O2/c1-13(2)6-5-8-3-4-9-10(7-8)15-11(14)12-9/h3-4,7H,5-6H2,1-2H3,(H,12,14). The SMILES string of the molecule is CN(C)CCc1ccc2[nH]c(=O)oc2c1. The van der Waals surface area contributed by atoms with Gasteiger partial charge in [-0.15, -0.1) is 0 Å². The lowest BCUT2D eigenvalue weighted by Crippen LogP contribution is -2.14. The van der Waals surface area contributed by atoms with Gasteiger partial charge in [0.15, 0.2) is 5.58 Å². The molecule has 0 unspecified atom stereocenters. The first kappa shape index (κ1) is 9.98. The average Bonchev–Trinajstić information content (AvgIpc) is 2.53. The van der Waals surface area contributed by atoms with Gasteiger partial charge in [0.2, 0.25) is 0 Å². The summed E-state index contributed by atoms with van der Waals surface area (Å²) in [6.07, 6.45) is 0.956. The Balaban J connectivity index is 2.26. The maximum atomic E-state index is 10.9. The van der Waals surface area contributed by atoms with Crippen molar-refractivity contribution in [3.05, 3.63) is 34.3 Å². The normalized spacial score (nSPS) is 11.4. The van der Waals surface area contributed by atoms with E-state index < -0.39 is 5.76 Å². The molecule has 0 atom stereocenters. The number of oxazole rings is 1. The van der Waals surface area contributed by atoms with E-state index in [0.29, 0.717) is 5.58 Å². The third-order valence-corrected chi connectivity index (χ3v) is 2.33. The third kappa shape index (κ3) is 2.27. The van der Waals surface area contributed by atoms with E-state index in [4.69, 9.17) is 4.42 Å². The lowest BCUT2D eigenvalue weighted by molar-refractivity contribution is 0.413. The van der Waals surface area contributed by atoms with E-state index >= 15 is 0 Å². The van der Waals surface area contributed by atoms with Gasteiger partial charge in [-0.25, -0.2) is 4.79 Å². The summed E-state index contributed by atoms with van der Waals surface area (Å²) in [4.78, 5) is 15.7. The van der Waals surface area contributed by atoms with Gasteiger partial charge in [0.25, 0.3) is 0 Å². The largest absolute Gasteiger partial charge is 0.417 e. The molecule has 2 rings (SSSR count). The highest BCUT2D eigenvalue weighted by atomic mass is 16.4. The van der Waals surface area contributed by atoms with Gasteiger partial charge in [-0.2, -0.15) is 0 Å². The van der Waals surface area contributed by atoms with Crippen molar-refractivity contribution in [2.24, 2.45) is 0 Å². The van der Waals surface area contributed by atoms with Crippen molar-refractivity contribution in [2.45, 2.75) is 6.42 Å². The van der Waals surface area contributed by atoms with E-state index in [9.17, 15) is 4.79 Å². The van der Waals surface area contributed by atoms with Crippen LogP contribution < -0.4 is 5.76 Å². The Kier molecular flexibility index (Phi) is 2.60. The summed E-state index contributed by atoms with van der Waals surface area (Å²) in [6.45, 7) is 0.986. The van der Waals surface area contributed by atoms with Crippen molar-refractivity contribution in [3.63, 3.8) is 0 Å². The second kappa shape index (κ2) is 3.90. The molecule has 0 aliphatic rings. The van der Waals surface area contributed by atoms with Gasteiger partial charge < -0.3 is 9.32 Å². The van der Waals surface area contributed by atoms with Crippen LogP contribution in [0.1, 0.15) is 5.56 Å². The van der Waals surface area contributed by atoms with Crippen LogP contribution in [-0.2, 0) is 6.42 Å². The summed E-state index contributed by atoms with van der Waals surface area (Å²) in [7, 11) is 4.07. The van der Waals surface area contributed by atoms with Gasteiger partial charge in [-0.3, -0.25) is 4.98 Å². The van der Waals surface area contributed by atoms with Crippen LogP contribution in [0.5, 0.6) is 0 Å². The highest BCUT2D eigenvalue weighted by molar-refractivity contribution is 5.72. The molecular formula is C11H14N2O2. The molecule has 2 aromatic rings. The first-order valence-corrected chi connectivity index (χ1v) is 4.91. The van der Waals surface area contributed by atoms with Gasteiger partial charge >= 0.3 is 5.76 Å². The van der Waals surface area contributed by atoms with Crippen LogP contribution in [0.3, 0.4) is 0 Å². The van der Waals surface area contributed by atoms with Gasteiger partial charge in [0.1, 0.15) is 0 Å². The highest BCUT2D eigenvalue weighted by Gasteiger charge is 2.02. The summed E-state index contributed by atoms with van der Waals surface area (Å²) in [5, 5.41) is 0. The summed E-state index contributed by atoms with van der Waals surface area (Å²) in [5.41, 5.74) is 2.57. The molecule has 0 aliphatic carbocycles. The summed E-state index contributed by atoms with van der Waals surface area (Å²) < 4.78 is 4.99. The smallest absolute Gasteiger partial charge is 0.408 e. The fourth-order valence-corrected chi connectivity index (χ4v) is 1.50. The number of fused-ring (bicyclic) bond motifs is 1. The van der Waals surface area contributed by atoms with Crippen molar-refractivity contribution < 1.29 is 4.42 Å². The minimum absolute atomic E-state index is 0.394. The number of H-pyrrole nitrogens is 1. The highest BCUT2D eigenvalue weighted by Crippen LogP contribution is 2.12. The molecule has 1 N–H and O–H groups in total. The number of nitrogens with zero attached hydrogens (tertiary/aromatic N) is 1. The Bertz CT molecular complexity index is 511. The van der Waals surface area contributed by atoms with E-state index in [-0.39, 0.29) is 0 Å². The Morgan fingerprint density at radius 3 is 2.93 bits per heavy atom. The Hall–Kier alpha value is -1.55. The van der Waals surface area contributed by atoms with E-state index in [0.717, 1.165) is 18.5 Å². The number of benzene rings is 1. The van der Waals surface area contributed by atoms with Gasteiger partial charge in [0.05, 0.1) is 5.52 Å². The Morgan fingerprint density at radius 1 is 1.40 bits per heavy atom. The number of likely N-dealkylation sites (N-methyl/N-ethyl adjacent to an activating group) is 1. The van der Waals surface area contributed by atoms with Crippen LogP contribution in [0.2, 0.25) is 0 Å². The number of rotatable bonds is 3. The molecule has 1 aromatic carbocycles. The maximum Gasteiger partial charge on any atom is 0.417 e. The molecule has 0 radical (unpaired) electrons.